The molecule has 1 aliphatic rings. The van der Waals surface area contributed by atoms with E-state index in [1.54, 1.807) is 0 Å². The lowest BCUT2D eigenvalue weighted by Gasteiger charge is -2.14. The van der Waals surface area contributed by atoms with E-state index in [9.17, 15) is 0 Å². The normalized spacial score (nSPS) is 14.0. The molecular weight excluding hydrogens is 274 g/mol. The number of hydrogen-bond acceptors (Lipinski definition) is 4. The summed E-state index contributed by atoms with van der Waals surface area (Å²) in [6.45, 7) is 0.789. The molecule has 0 amide bonds. The third-order valence-electron chi connectivity index (χ3n) is 4.20. The van der Waals surface area contributed by atoms with Gasteiger partial charge in [-0.3, -0.25) is 0 Å². The Morgan fingerprint density at radius 3 is 2.77 bits per heavy atom. The first kappa shape index (κ1) is 13.2. The molecular formula is C17H19N5. The lowest BCUT2D eigenvalue weighted by molar-refractivity contribution is 0.659. The van der Waals surface area contributed by atoms with Crippen LogP contribution in [0, 0.1) is 0 Å². The molecule has 4 rings (SSSR count). The van der Waals surface area contributed by atoms with E-state index in [0.717, 1.165) is 25.3 Å². The molecule has 0 atom stereocenters. The Morgan fingerprint density at radius 1 is 1.09 bits per heavy atom. The predicted molar refractivity (Wildman–Crippen MR) is 86.0 cm³/mol. The van der Waals surface area contributed by atoms with Crippen molar-refractivity contribution in [2.45, 2.75) is 32.2 Å². The van der Waals surface area contributed by atoms with Gasteiger partial charge in [0.15, 0.2) is 0 Å². The van der Waals surface area contributed by atoms with Crippen LogP contribution in [0.25, 0.3) is 5.78 Å². The van der Waals surface area contributed by atoms with Gasteiger partial charge in [-0.25, -0.2) is 9.50 Å². The standard InChI is InChI=1S/C17H19N5/c1-21(11-13-7-3-2-4-8-13)17-19-16-18-15-10-6-5-9-14(15)12-22(16)20-17/h2-4,7-8,12H,5-6,9-11H2,1H3. The highest BCUT2D eigenvalue weighted by Gasteiger charge is 2.15. The van der Waals surface area contributed by atoms with Gasteiger partial charge in [-0.2, -0.15) is 4.98 Å². The van der Waals surface area contributed by atoms with Crippen LogP contribution < -0.4 is 4.90 Å². The fourth-order valence-corrected chi connectivity index (χ4v) is 3.00. The van der Waals surface area contributed by atoms with Crippen molar-refractivity contribution in [3.63, 3.8) is 0 Å². The third kappa shape index (κ3) is 2.43. The molecule has 1 aromatic carbocycles. The first-order valence-electron chi connectivity index (χ1n) is 7.80. The number of nitrogens with zero attached hydrogens (tertiary/aromatic N) is 5. The number of benzene rings is 1. The van der Waals surface area contributed by atoms with Gasteiger partial charge in [-0.1, -0.05) is 30.3 Å². The van der Waals surface area contributed by atoms with Crippen LogP contribution >= 0.6 is 0 Å². The van der Waals surface area contributed by atoms with E-state index >= 15 is 0 Å². The second kappa shape index (κ2) is 5.40. The summed E-state index contributed by atoms with van der Waals surface area (Å²) in [6.07, 6.45) is 6.74. The van der Waals surface area contributed by atoms with Crippen LogP contribution in [0.1, 0.15) is 29.7 Å². The van der Waals surface area contributed by atoms with E-state index in [4.69, 9.17) is 0 Å². The monoisotopic (exact) mass is 293 g/mol. The number of hydrogen-bond donors (Lipinski definition) is 0. The van der Waals surface area contributed by atoms with Gasteiger partial charge in [-0.05, 0) is 36.8 Å². The minimum Gasteiger partial charge on any atom is -0.338 e. The molecule has 5 heteroatoms. The maximum Gasteiger partial charge on any atom is 0.254 e. The van der Waals surface area contributed by atoms with Crippen molar-refractivity contribution in [3.8, 4) is 0 Å². The van der Waals surface area contributed by atoms with Crippen LogP contribution in [0.4, 0.5) is 5.95 Å². The molecule has 0 unspecified atom stereocenters. The quantitative estimate of drug-likeness (QED) is 0.745. The molecule has 2 heterocycles. The summed E-state index contributed by atoms with van der Waals surface area (Å²) in [7, 11) is 2.02. The molecule has 22 heavy (non-hydrogen) atoms. The number of aryl methyl sites for hydroxylation is 2. The molecule has 3 aromatic rings. The zero-order chi connectivity index (χ0) is 14.9. The number of anilines is 1. The van der Waals surface area contributed by atoms with E-state index < -0.39 is 0 Å². The molecule has 0 N–H and O–H groups in total. The lowest BCUT2D eigenvalue weighted by Crippen LogP contribution is -2.17. The average molecular weight is 293 g/mol. The van der Waals surface area contributed by atoms with Gasteiger partial charge in [0.25, 0.3) is 5.78 Å². The molecule has 0 spiro atoms. The van der Waals surface area contributed by atoms with Crippen molar-refractivity contribution in [2.75, 3.05) is 11.9 Å². The molecule has 112 valence electrons. The molecule has 0 radical (unpaired) electrons. The van der Waals surface area contributed by atoms with Crippen LogP contribution in [0.3, 0.4) is 0 Å². The van der Waals surface area contributed by atoms with E-state index in [-0.39, 0.29) is 0 Å². The Labute approximate surface area is 129 Å². The summed E-state index contributed by atoms with van der Waals surface area (Å²) in [5.41, 5.74) is 3.76. The van der Waals surface area contributed by atoms with E-state index in [1.807, 2.05) is 17.6 Å². The summed E-state index contributed by atoms with van der Waals surface area (Å²) in [5.74, 6) is 1.43. The lowest BCUT2D eigenvalue weighted by atomic mass is 9.98. The highest BCUT2D eigenvalue weighted by molar-refractivity contribution is 5.41. The zero-order valence-corrected chi connectivity index (χ0v) is 12.7. The number of rotatable bonds is 3. The molecule has 2 aromatic heterocycles. The van der Waals surface area contributed by atoms with Crippen molar-refractivity contribution < 1.29 is 0 Å². The van der Waals surface area contributed by atoms with Crippen molar-refractivity contribution in [2.24, 2.45) is 0 Å². The second-order valence-corrected chi connectivity index (χ2v) is 5.92. The summed E-state index contributed by atoms with van der Waals surface area (Å²) in [4.78, 5) is 11.3. The number of fused-ring (bicyclic) bond motifs is 2. The maximum atomic E-state index is 4.69. The van der Waals surface area contributed by atoms with Crippen molar-refractivity contribution in [3.05, 3.63) is 53.3 Å². The fourth-order valence-electron chi connectivity index (χ4n) is 3.00. The van der Waals surface area contributed by atoms with E-state index in [0.29, 0.717) is 5.78 Å². The van der Waals surface area contributed by atoms with Gasteiger partial charge in [-0.15, -0.1) is 5.10 Å². The Kier molecular flexibility index (Phi) is 3.25. The van der Waals surface area contributed by atoms with Crippen molar-refractivity contribution in [1.29, 1.82) is 0 Å². The van der Waals surface area contributed by atoms with Gasteiger partial charge in [0, 0.05) is 25.5 Å². The summed E-state index contributed by atoms with van der Waals surface area (Å²) < 4.78 is 1.82. The Balaban J connectivity index is 1.64. The molecule has 0 saturated heterocycles. The summed E-state index contributed by atoms with van der Waals surface area (Å²) in [5, 5.41) is 4.59. The molecule has 5 nitrogen and oxygen atoms in total. The molecule has 1 aliphatic carbocycles. The minimum atomic E-state index is 0.704. The first-order chi connectivity index (χ1) is 10.8. The van der Waals surface area contributed by atoms with Gasteiger partial charge < -0.3 is 4.90 Å². The molecule has 0 bridgehead atoms. The highest BCUT2D eigenvalue weighted by Crippen LogP contribution is 2.20. The van der Waals surface area contributed by atoms with Gasteiger partial charge in [0.2, 0.25) is 5.95 Å². The van der Waals surface area contributed by atoms with Crippen molar-refractivity contribution >= 4 is 11.7 Å². The van der Waals surface area contributed by atoms with Crippen LogP contribution in [0.5, 0.6) is 0 Å². The van der Waals surface area contributed by atoms with E-state index in [2.05, 4.69) is 50.4 Å². The average Bonchev–Trinajstić information content (AvgIpc) is 2.96. The Hall–Kier alpha value is -2.43. The zero-order valence-electron chi connectivity index (χ0n) is 12.7. The van der Waals surface area contributed by atoms with Crippen molar-refractivity contribution in [1.82, 2.24) is 19.6 Å². The predicted octanol–water partition coefficient (Wildman–Crippen LogP) is 2.64. The number of aromatic nitrogens is 4. The SMILES string of the molecule is CN(Cc1ccccc1)c1nc2nc3c(cn2n1)CCCC3. The summed E-state index contributed by atoms with van der Waals surface area (Å²) in [6, 6.07) is 10.4. The van der Waals surface area contributed by atoms with Crippen LogP contribution in [-0.4, -0.2) is 26.6 Å². The summed E-state index contributed by atoms with van der Waals surface area (Å²) >= 11 is 0. The topological polar surface area (TPSA) is 46.3 Å². The van der Waals surface area contributed by atoms with Gasteiger partial charge >= 0.3 is 0 Å². The van der Waals surface area contributed by atoms with E-state index in [1.165, 1.54) is 29.7 Å². The minimum absolute atomic E-state index is 0.704. The molecule has 0 fully saturated rings. The second-order valence-electron chi connectivity index (χ2n) is 5.92. The first-order valence-corrected chi connectivity index (χ1v) is 7.80. The van der Waals surface area contributed by atoms with Gasteiger partial charge in [0.1, 0.15) is 0 Å². The highest BCUT2D eigenvalue weighted by atomic mass is 15.4. The van der Waals surface area contributed by atoms with Crippen LogP contribution in [0.15, 0.2) is 36.5 Å². The molecule has 0 aliphatic heterocycles. The fraction of sp³-hybridized carbons (Fsp3) is 0.353. The Bertz CT molecular complexity index is 750. The smallest absolute Gasteiger partial charge is 0.254 e. The largest absolute Gasteiger partial charge is 0.338 e. The Morgan fingerprint density at radius 2 is 1.91 bits per heavy atom. The third-order valence-corrected chi connectivity index (χ3v) is 4.20. The molecule has 0 saturated carbocycles. The van der Waals surface area contributed by atoms with Gasteiger partial charge in [0.05, 0.1) is 0 Å². The van der Waals surface area contributed by atoms with Crippen LogP contribution in [0.2, 0.25) is 0 Å². The van der Waals surface area contributed by atoms with Crippen LogP contribution in [-0.2, 0) is 19.4 Å². The maximum absolute atomic E-state index is 4.69.